The second kappa shape index (κ2) is 7.08. The molecule has 0 heterocycles. The highest BCUT2D eigenvalue weighted by Crippen LogP contribution is 2.14. The molecule has 20 heavy (non-hydrogen) atoms. The van der Waals surface area contributed by atoms with Crippen LogP contribution >= 0.6 is 0 Å². The largest absolute Gasteiger partial charge is 0.569 e. The molecule has 0 saturated carbocycles. The molecule has 2 aromatic carbocycles. The second-order valence-electron chi connectivity index (χ2n) is 4.67. The summed E-state index contributed by atoms with van der Waals surface area (Å²) in [7, 11) is 2.67. The minimum Gasteiger partial charge on any atom is -0.537 e. The Morgan fingerprint density at radius 3 is 2.00 bits per heavy atom. The Hall–Kier alpha value is -1.85. The highest BCUT2D eigenvalue weighted by atomic mass is 19.1. The zero-order valence-corrected chi connectivity index (χ0v) is 11.3. The highest BCUT2D eigenvalue weighted by molar-refractivity contribution is 6.17. The van der Waals surface area contributed by atoms with Crippen LogP contribution in [0.1, 0.15) is 11.1 Å². The molecule has 0 aliphatic rings. The van der Waals surface area contributed by atoms with Gasteiger partial charge in [0.05, 0.1) is 5.75 Å². The van der Waals surface area contributed by atoms with E-state index in [0.717, 1.165) is 24.2 Å². The monoisotopic (exact) mass is 272 g/mol. The first-order valence-electron chi connectivity index (χ1n) is 6.32. The lowest BCUT2D eigenvalue weighted by Crippen LogP contribution is -2.17. The van der Waals surface area contributed by atoms with E-state index in [1.165, 1.54) is 12.1 Å². The van der Waals surface area contributed by atoms with E-state index >= 15 is 0 Å². The van der Waals surface area contributed by atoms with E-state index < -0.39 is 0 Å². The Morgan fingerprint density at radius 1 is 1.00 bits per heavy atom. The quantitative estimate of drug-likeness (QED) is 0.819. The third-order valence-electron chi connectivity index (χ3n) is 2.93. The number of hydrogen-bond acceptors (Lipinski definition) is 3. The molecular weight excluding hydrogens is 256 g/mol. The molecule has 0 unspecified atom stereocenters. The maximum absolute atomic E-state index is 12.8. The molecule has 1 N–H and O–H groups in total. The Labute approximate surface area is 118 Å². The summed E-state index contributed by atoms with van der Waals surface area (Å²) in [6.45, 7) is 1.53. The lowest BCUT2D eigenvalue weighted by atomic mass is 10.1. The van der Waals surface area contributed by atoms with Crippen LogP contribution in [0, 0.1) is 5.82 Å². The van der Waals surface area contributed by atoms with Gasteiger partial charge in [0, 0.05) is 13.1 Å². The number of benzene rings is 2. The van der Waals surface area contributed by atoms with E-state index in [2.05, 4.69) is 4.90 Å². The van der Waals surface area contributed by atoms with Gasteiger partial charge in [0.2, 0.25) is 0 Å². The van der Waals surface area contributed by atoms with Crippen LogP contribution < -0.4 is 4.65 Å². The van der Waals surface area contributed by atoms with Gasteiger partial charge in [0.25, 0.3) is 0 Å². The van der Waals surface area contributed by atoms with Crippen LogP contribution in [0.25, 0.3) is 0 Å². The molecule has 0 aliphatic carbocycles. The first-order valence-corrected chi connectivity index (χ1v) is 6.32. The molecule has 2 rings (SSSR count). The number of hydrogen-bond donors (Lipinski definition) is 1. The van der Waals surface area contributed by atoms with Crippen LogP contribution in [0.5, 0.6) is 5.75 Å². The standard InChI is InChI=1S/C15H16BFNO2/c1-18(10-12-2-6-14(17)7-3-12)11-13-4-8-15(9-5-13)20-16-19/h2-9,19H,10-11H2,1H3. The van der Waals surface area contributed by atoms with Gasteiger partial charge >= 0.3 is 7.69 Å². The van der Waals surface area contributed by atoms with Crippen LogP contribution in [0.2, 0.25) is 0 Å². The first kappa shape index (κ1) is 14.6. The van der Waals surface area contributed by atoms with Crippen molar-refractivity contribution in [2.75, 3.05) is 7.05 Å². The average Bonchev–Trinajstić information content (AvgIpc) is 2.44. The number of rotatable bonds is 6. The van der Waals surface area contributed by atoms with Crippen molar-refractivity contribution in [3.63, 3.8) is 0 Å². The Bertz CT molecular complexity index is 531. The summed E-state index contributed by atoms with van der Waals surface area (Å²) in [4.78, 5) is 2.14. The lowest BCUT2D eigenvalue weighted by molar-refractivity contribution is 0.319. The van der Waals surface area contributed by atoms with E-state index in [1.807, 2.05) is 19.2 Å². The van der Waals surface area contributed by atoms with E-state index in [-0.39, 0.29) is 5.82 Å². The van der Waals surface area contributed by atoms with Crippen molar-refractivity contribution in [3.05, 3.63) is 65.5 Å². The molecule has 0 saturated heterocycles. The summed E-state index contributed by atoms with van der Waals surface area (Å²) < 4.78 is 17.7. The summed E-state index contributed by atoms with van der Waals surface area (Å²) in [5, 5.41) is 8.54. The SMILES string of the molecule is CN(Cc1ccc(F)cc1)Cc1ccc(O[B]O)cc1. The zero-order chi connectivity index (χ0) is 14.4. The summed E-state index contributed by atoms with van der Waals surface area (Å²) >= 11 is 0. The van der Waals surface area contributed by atoms with Gasteiger partial charge in [-0.3, -0.25) is 4.90 Å². The molecule has 5 heteroatoms. The summed E-state index contributed by atoms with van der Waals surface area (Å²) in [6, 6.07) is 14.0. The molecule has 0 spiro atoms. The van der Waals surface area contributed by atoms with Crippen LogP contribution in [-0.2, 0) is 13.1 Å². The fraction of sp³-hybridized carbons (Fsp3) is 0.200. The predicted molar refractivity (Wildman–Crippen MR) is 76.6 cm³/mol. The van der Waals surface area contributed by atoms with Crippen molar-refractivity contribution in [2.45, 2.75) is 13.1 Å². The normalized spacial score (nSPS) is 10.6. The van der Waals surface area contributed by atoms with Gasteiger partial charge in [-0.1, -0.05) is 24.3 Å². The van der Waals surface area contributed by atoms with E-state index in [4.69, 9.17) is 9.68 Å². The summed E-state index contributed by atoms with van der Waals surface area (Å²) in [5.41, 5.74) is 2.21. The van der Waals surface area contributed by atoms with Crippen molar-refractivity contribution in [2.24, 2.45) is 0 Å². The Kier molecular flexibility index (Phi) is 5.15. The van der Waals surface area contributed by atoms with Gasteiger partial charge in [0.15, 0.2) is 0 Å². The third kappa shape index (κ3) is 4.37. The smallest absolute Gasteiger partial charge is 0.537 e. The maximum Gasteiger partial charge on any atom is 0.569 e. The van der Waals surface area contributed by atoms with Gasteiger partial charge in [-0.25, -0.2) is 4.39 Å². The molecule has 3 nitrogen and oxygen atoms in total. The summed E-state index contributed by atoms with van der Waals surface area (Å²) in [6.07, 6.45) is 0. The topological polar surface area (TPSA) is 32.7 Å². The average molecular weight is 272 g/mol. The second-order valence-corrected chi connectivity index (χ2v) is 4.67. The van der Waals surface area contributed by atoms with Gasteiger partial charge in [0.1, 0.15) is 5.82 Å². The van der Waals surface area contributed by atoms with E-state index in [1.54, 1.807) is 24.3 Å². The van der Waals surface area contributed by atoms with Crippen molar-refractivity contribution < 1.29 is 14.1 Å². The summed E-state index contributed by atoms with van der Waals surface area (Å²) in [5.74, 6) is 0.380. The first-order chi connectivity index (χ1) is 9.67. The van der Waals surface area contributed by atoms with Crippen LogP contribution in [0.4, 0.5) is 4.39 Å². The van der Waals surface area contributed by atoms with E-state index in [9.17, 15) is 4.39 Å². The van der Waals surface area contributed by atoms with Crippen molar-refractivity contribution in [1.29, 1.82) is 0 Å². The Morgan fingerprint density at radius 2 is 1.50 bits per heavy atom. The van der Waals surface area contributed by atoms with Gasteiger partial charge < -0.3 is 9.68 Å². The molecule has 0 amide bonds. The highest BCUT2D eigenvalue weighted by Gasteiger charge is 2.03. The molecule has 0 fully saturated rings. The van der Waals surface area contributed by atoms with Gasteiger partial charge in [-0.05, 0) is 42.4 Å². The number of halogens is 1. The molecule has 0 aliphatic heterocycles. The molecule has 0 aromatic heterocycles. The molecule has 0 bridgehead atoms. The van der Waals surface area contributed by atoms with Crippen molar-refractivity contribution in [1.82, 2.24) is 4.90 Å². The van der Waals surface area contributed by atoms with Gasteiger partial charge in [-0.2, -0.15) is 0 Å². The minimum atomic E-state index is -0.215. The lowest BCUT2D eigenvalue weighted by Gasteiger charge is -2.17. The molecule has 0 atom stereocenters. The maximum atomic E-state index is 12.8. The number of nitrogens with zero attached hydrogens (tertiary/aromatic N) is 1. The molecule has 1 radical (unpaired) electrons. The van der Waals surface area contributed by atoms with Crippen LogP contribution in [0.3, 0.4) is 0 Å². The van der Waals surface area contributed by atoms with Crippen LogP contribution in [0.15, 0.2) is 48.5 Å². The fourth-order valence-corrected chi connectivity index (χ4v) is 2.00. The molecule has 2 aromatic rings. The van der Waals surface area contributed by atoms with E-state index in [0.29, 0.717) is 13.4 Å². The fourth-order valence-electron chi connectivity index (χ4n) is 2.00. The Balaban J connectivity index is 1.90. The van der Waals surface area contributed by atoms with Gasteiger partial charge in [-0.15, -0.1) is 0 Å². The third-order valence-corrected chi connectivity index (χ3v) is 2.93. The van der Waals surface area contributed by atoms with Crippen LogP contribution in [-0.4, -0.2) is 24.7 Å². The van der Waals surface area contributed by atoms with Crippen molar-refractivity contribution >= 4 is 7.69 Å². The minimum absolute atomic E-state index is 0.215. The van der Waals surface area contributed by atoms with Crippen molar-refractivity contribution in [3.8, 4) is 5.75 Å². The molecule has 103 valence electrons. The predicted octanol–water partition coefficient (Wildman–Crippen LogP) is 2.36. The molecular formula is C15H16BFNO2. The zero-order valence-electron chi connectivity index (χ0n) is 11.3.